The van der Waals surface area contributed by atoms with Crippen molar-refractivity contribution in [2.45, 2.75) is 19.4 Å². The number of benzene rings is 1. The van der Waals surface area contributed by atoms with Gasteiger partial charge in [0.05, 0.1) is 16.9 Å². The number of ketones is 1. The molecule has 5 nitrogen and oxygen atoms in total. The third kappa shape index (κ3) is 4.50. The van der Waals surface area contributed by atoms with Crippen molar-refractivity contribution < 1.29 is 19.1 Å². The summed E-state index contributed by atoms with van der Waals surface area (Å²) in [5.74, 6) is -0.998. The Labute approximate surface area is 138 Å². The fourth-order valence-electron chi connectivity index (χ4n) is 2.06. The zero-order valence-corrected chi connectivity index (χ0v) is 13.7. The maximum absolute atomic E-state index is 12.3. The zero-order valence-electron chi connectivity index (χ0n) is 12.9. The first-order valence-corrected chi connectivity index (χ1v) is 7.86. The van der Waals surface area contributed by atoms with E-state index in [1.54, 1.807) is 12.1 Å². The lowest BCUT2D eigenvalue weighted by molar-refractivity contribution is -0.142. The monoisotopic (exact) mass is 331 g/mol. The molecule has 1 heterocycles. The predicted octanol–water partition coefficient (Wildman–Crippen LogP) is 2.46. The van der Waals surface area contributed by atoms with E-state index in [1.165, 1.54) is 14.0 Å². The van der Waals surface area contributed by atoms with Crippen molar-refractivity contribution in [1.82, 2.24) is 5.32 Å². The summed E-state index contributed by atoms with van der Waals surface area (Å²) in [4.78, 5) is 36.4. The number of methoxy groups -OCH3 is 1. The van der Waals surface area contributed by atoms with E-state index in [-0.39, 0.29) is 5.78 Å². The summed E-state index contributed by atoms with van der Waals surface area (Å²) in [6, 6.07) is 11.8. The predicted molar refractivity (Wildman–Crippen MR) is 87.7 cm³/mol. The molecule has 0 radical (unpaired) electrons. The van der Waals surface area contributed by atoms with Crippen molar-refractivity contribution in [2.75, 3.05) is 7.11 Å². The van der Waals surface area contributed by atoms with E-state index in [9.17, 15) is 14.4 Å². The summed E-state index contributed by atoms with van der Waals surface area (Å²) in [6.07, 6.45) is 0.337. The Morgan fingerprint density at radius 3 is 2.30 bits per heavy atom. The Morgan fingerprint density at radius 1 is 1.09 bits per heavy atom. The van der Waals surface area contributed by atoms with Crippen LogP contribution in [0.15, 0.2) is 42.5 Å². The SMILES string of the molecule is COC(=O)[C@H](Cc1ccccc1)NC(=O)c1ccc(C(C)=O)s1. The van der Waals surface area contributed by atoms with Crippen LogP contribution in [0.3, 0.4) is 0 Å². The van der Waals surface area contributed by atoms with Crippen molar-refractivity contribution in [1.29, 1.82) is 0 Å². The molecule has 0 unspecified atom stereocenters. The lowest BCUT2D eigenvalue weighted by Crippen LogP contribution is -2.42. The van der Waals surface area contributed by atoms with Crippen LogP contribution < -0.4 is 5.32 Å². The first-order valence-electron chi connectivity index (χ1n) is 7.04. The lowest BCUT2D eigenvalue weighted by atomic mass is 10.1. The number of thiophene rings is 1. The fourth-order valence-corrected chi connectivity index (χ4v) is 2.87. The second-order valence-electron chi connectivity index (χ2n) is 4.96. The number of Topliss-reactive ketones (excluding diaryl/α,β-unsaturated/α-hetero) is 1. The summed E-state index contributed by atoms with van der Waals surface area (Å²) in [5.41, 5.74) is 0.916. The smallest absolute Gasteiger partial charge is 0.328 e. The Kier molecular flexibility index (Phi) is 5.65. The fraction of sp³-hybridized carbons (Fsp3) is 0.235. The first-order chi connectivity index (χ1) is 11.0. The van der Waals surface area contributed by atoms with Crippen LogP contribution in [0.1, 0.15) is 31.8 Å². The molecule has 6 heteroatoms. The van der Waals surface area contributed by atoms with Gasteiger partial charge in [-0.2, -0.15) is 0 Å². The van der Waals surface area contributed by atoms with Gasteiger partial charge in [-0.15, -0.1) is 11.3 Å². The van der Waals surface area contributed by atoms with Crippen LogP contribution in [-0.4, -0.2) is 30.8 Å². The number of hydrogen-bond donors (Lipinski definition) is 1. The molecular weight excluding hydrogens is 314 g/mol. The average molecular weight is 331 g/mol. The van der Waals surface area contributed by atoms with E-state index in [0.29, 0.717) is 16.2 Å². The number of hydrogen-bond acceptors (Lipinski definition) is 5. The molecule has 0 bridgehead atoms. The molecule has 0 aliphatic carbocycles. The van der Waals surface area contributed by atoms with E-state index < -0.39 is 17.9 Å². The second-order valence-corrected chi connectivity index (χ2v) is 6.04. The number of carbonyl (C=O) groups excluding carboxylic acids is 3. The molecule has 0 fully saturated rings. The highest BCUT2D eigenvalue weighted by molar-refractivity contribution is 7.15. The minimum absolute atomic E-state index is 0.0946. The maximum atomic E-state index is 12.3. The summed E-state index contributed by atoms with van der Waals surface area (Å²) in [7, 11) is 1.28. The Balaban J connectivity index is 2.11. The van der Waals surface area contributed by atoms with Crippen molar-refractivity contribution in [2.24, 2.45) is 0 Å². The van der Waals surface area contributed by atoms with Gasteiger partial charge < -0.3 is 10.1 Å². The van der Waals surface area contributed by atoms with Gasteiger partial charge >= 0.3 is 5.97 Å². The Morgan fingerprint density at radius 2 is 1.74 bits per heavy atom. The summed E-state index contributed by atoms with van der Waals surface area (Å²) >= 11 is 1.10. The maximum Gasteiger partial charge on any atom is 0.328 e. The molecule has 0 aliphatic rings. The van der Waals surface area contributed by atoms with Gasteiger partial charge in [0.1, 0.15) is 6.04 Å². The first kappa shape index (κ1) is 16.9. The van der Waals surface area contributed by atoms with Crippen molar-refractivity contribution in [3.8, 4) is 0 Å². The number of amides is 1. The topological polar surface area (TPSA) is 72.5 Å². The molecular formula is C17H17NO4S. The Bertz CT molecular complexity index is 708. The molecule has 0 aliphatic heterocycles. The minimum Gasteiger partial charge on any atom is -0.467 e. The summed E-state index contributed by atoms with van der Waals surface area (Å²) < 4.78 is 4.76. The van der Waals surface area contributed by atoms with Gasteiger partial charge in [0.15, 0.2) is 5.78 Å². The third-order valence-corrected chi connectivity index (χ3v) is 4.44. The van der Waals surface area contributed by atoms with Crippen LogP contribution in [0, 0.1) is 0 Å². The van der Waals surface area contributed by atoms with Crippen molar-refractivity contribution in [3.63, 3.8) is 0 Å². The number of rotatable bonds is 6. The summed E-state index contributed by atoms with van der Waals surface area (Å²) in [5, 5.41) is 2.67. The Hall–Kier alpha value is -2.47. The average Bonchev–Trinajstić information content (AvgIpc) is 3.05. The van der Waals surface area contributed by atoms with Gasteiger partial charge in [-0.05, 0) is 24.6 Å². The molecule has 23 heavy (non-hydrogen) atoms. The molecule has 0 spiro atoms. The van der Waals surface area contributed by atoms with Gasteiger partial charge in [0.2, 0.25) is 0 Å². The van der Waals surface area contributed by atoms with E-state index in [4.69, 9.17) is 4.74 Å². The van der Waals surface area contributed by atoms with Crippen LogP contribution in [0.2, 0.25) is 0 Å². The van der Waals surface area contributed by atoms with Crippen LogP contribution >= 0.6 is 11.3 Å². The highest BCUT2D eigenvalue weighted by atomic mass is 32.1. The summed E-state index contributed by atoms with van der Waals surface area (Å²) in [6.45, 7) is 1.44. The molecule has 120 valence electrons. The number of carbonyl (C=O) groups is 3. The van der Waals surface area contributed by atoms with Crippen LogP contribution in [0.25, 0.3) is 0 Å². The zero-order chi connectivity index (χ0) is 16.8. The molecule has 2 rings (SSSR count). The highest BCUT2D eigenvalue weighted by Crippen LogP contribution is 2.17. The molecule has 1 aromatic heterocycles. The number of ether oxygens (including phenoxy) is 1. The van der Waals surface area contributed by atoms with E-state index in [0.717, 1.165) is 16.9 Å². The third-order valence-electron chi connectivity index (χ3n) is 3.25. The molecule has 1 aromatic carbocycles. The second kappa shape index (κ2) is 7.69. The van der Waals surface area contributed by atoms with Crippen LogP contribution in [-0.2, 0) is 16.0 Å². The highest BCUT2D eigenvalue weighted by Gasteiger charge is 2.23. The van der Waals surface area contributed by atoms with Gasteiger partial charge in [-0.1, -0.05) is 30.3 Å². The molecule has 0 saturated carbocycles. The normalized spacial score (nSPS) is 11.6. The minimum atomic E-state index is -0.780. The quantitative estimate of drug-likeness (QED) is 0.652. The number of nitrogens with one attached hydrogen (secondary N) is 1. The van der Waals surface area contributed by atoms with Crippen molar-refractivity contribution in [3.05, 3.63) is 57.8 Å². The largest absolute Gasteiger partial charge is 0.467 e. The number of esters is 1. The van der Waals surface area contributed by atoms with Gasteiger partial charge in [0.25, 0.3) is 5.91 Å². The van der Waals surface area contributed by atoms with Crippen LogP contribution in [0.4, 0.5) is 0 Å². The lowest BCUT2D eigenvalue weighted by Gasteiger charge is -2.16. The molecule has 1 N–H and O–H groups in total. The van der Waals surface area contributed by atoms with Gasteiger partial charge in [-0.3, -0.25) is 9.59 Å². The van der Waals surface area contributed by atoms with E-state index in [2.05, 4.69) is 5.32 Å². The molecule has 2 aromatic rings. The van der Waals surface area contributed by atoms with Crippen LogP contribution in [0.5, 0.6) is 0 Å². The van der Waals surface area contributed by atoms with E-state index in [1.807, 2.05) is 30.3 Å². The molecule has 0 saturated heterocycles. The standard InChI is InChI=1S/C17H17NO4S/c1-11(19)14-8-9-15(23-14)16(20)18-13(17(21)22-2)10-12-6-4-3-5-7-12/h3-9,13H,10H2,1-2H3,(H,18,20)/t13-/m0/s1. The molecule has 1 atom stereocenters. The van der Waals surface area contributed by atoms with E-state index >= 15 is 0 Å². The molecule has 1 amide bonds. The van der Waals surface area contributed by atoms with Gasteiger partial charge in [-0.25, -0.2) is 4.79 Å². The van der Waals surface area contributed by atoms with Gasteiger partial charge in [0, 0.05) is 6.42 Å². The van der Waals surface area contributed by atoms with Crippen molar-refractivity contribution >= 4 is 29.0 Å².